The summed E-state index contributed by atoms with van der Waals surface area (Å²) in [5.41, 5.74) is 0. The van der Waals surface area contributed by atoms with Crippen molar-refractivity contribution in [3.8, 4) is 0 Å². The Morgan fingerprint density at radius 2 is 1.60 bits per heavy atom. The summed E-state index contributed by atoms with van der Waals surface area (Å²) in [6.45, 7) is -0.950. The Morgan fingerprint density at radius 1 is 1.13 bits per heavy atom. The van der Waals surface area contributed by atoms with Gasteiger partial charge in [-0.05, 0) is 0 Å². The molecule has 1 atom stereocenters. The lowest BCUT2D eigenvalue weighted by Gasteiger charge is -2.11. The highest BCUT2D eigenvalue weighted by Crippen LogP contribution is 1.87. The van der Waals surface area contributed by atoms with Gasteiger partial charge in [-0.15, -0.1) is 0 Å². The Morgan fingerprint density at radius 3 is 1.87 bits per heavy atom. The van der Waals surface area contributed by atoms with Crippen molar-refractivity contribution in [2.75, 3.05) is 6.54 Å². The molecule has 0 rings (SSSR count). The molecule has 0 heterocycles. The zero-order valence-corrected chi connectivity index (χ0v) is 8.62. The van der Waals surface area contributed by atoms with E-state index < -0.39 is 39.2 Å². The number of hydrogen-bond acceptors (Lipinski definition) is 5. The van der Waals surface area contributed by atoms with E-state index in [0.29, 0.717) is 0 Å². The quantitative estimate of drug-likeness (QED) is 0.321. The molecule has 0 saturated carbocycles. The minimum Gasteiger partial charge on any atom is -0.480 e. The summed E-state index contributed by atoms with van der Waals surface area (Å²) in [4.78, 5) is 10.3. The Balaban J connectivity index is 4.51. The Labute approximate surface area is 85.1 Å². The zero-order chi connectivity index (χ0) is 12.3. The van der Waals surface area contributed by atoms with Crippen LogP contribution in [0.5, 0.6) is 0 Å². The molecule has 0 aliphatic heterocycles. The first kappa shape index (κ1) is 14.2. The third kappa shape index (κ3) is 8.22. The summed E-state index contributed by atoms with van der Waals surface area (Å²) in [6, 6.07) is -1.93. The Hall–Kier alpha value is -0.790. The van der Waals surface area contributed by atoms with Crippen molar-refractivity contribution in [3.63, 3.8) is 0 Å². The van der Waals surface area contributed by atoms with E-state index >= 15 is 0 Å². The molecule has 12 heteroatoms. The maximum absolute atomic E-state index is 10.3. The van der Waals surface area contributed by atoms with Crippen LogP contribution in [0.2, 0.25) is 0 Å². The van der Waals surface area contributed by atoms with E-state index in [2.05, 4.69) is 0 Å². The van der Waals surface area contributed by atoms with Crippen molar-refractivity contribution in [2.24, 2.45) is 0 Å². The number of hydrogen-bond donors (Lipinski definition) is 5. The predicted molar refractivity (Wildman–Crippen MR) is 45.7 cm³/mol. The molecule has 0 aromatic heterocycles. The smallest absolute Gasteiger partial charge is 0.334 e. The highest BCUT2D eigenvalue weighted by Gasteiger charge is 2.23. The van der Waals surface area contributed by atoms with Crippen LogP contribution in [-0.2, 0) is 25.4 Å². The summed E-state index contributed by atoms with van der Waals surface area (Å²) in [6.07, 6.45) is 0. The number of aliphatic carboxylic acids is 1. The van der Waals surface area contributed by atoms with Gasteiger partial charge in [0.25, 0.3) is 0 Å². The average molecular weight is 264 g/mol. The van der Waals surface area contributed by atoms with Gasteiger partial charge in [0.05, 0.1) is 0 Å². The number of carboxylic acids is 1. The van der Waals surface area contributed by atoms with Gasteiger partial charge in [-0.1, -0.05) is 0 Å². The van der Waals surface area contributed by atoms with Crippen molar-refractivity contribution in [1.82, 2.24) is 9.44 Å². The molecule has 0 aliphatic rings. The van der Waals surface area contributed by atoms with Gasteiger partial charge in [-0.2, -0.15) is 26.3 Å². The van der Waals surface area contributed by atoms with Crippen molar-refractivity contribution >= 4 is 26.6 Å². The maximum atomic E-state index is 10.3. The van der Waals surface area contributed by atoms with Crippen LogP contribution in [0.3, 0.4) is 0 Å². The summed E-state index contributed by atoms with van der Waals surface area (Å²) in [5, 5.41) is 8.38. The molecule has 0 aromatic carbocycles. The molecule has 0 fully saturated rings. The highest BCUT2D eigenvalue weighted by atomic mass is 32.2. The third-order valence-corrected chi connectivity index (χ3v) is 2.17. The van der Waals surface area contributed by atoms with Crippen LogP contribution in [0.15, 0.2) is 0 Å². The normalized spacial score (nSPS) is 14.8. The molecule has 90 valence electrons. The van der Waals surface area contributed by atoms with Crippen LogP contribution >= 0.6 is 0 Å². The molecule has 0 aromatic rings. The second-order valence-corrected chi connectivity index (χ2v) is 4.73. The van der Waals surface area contributed by atoms with Gasteiger partial charge in [-0.25, -0.2) is 0 Å². The van der Waals surface area contributed by atoms with Crippen LogP contribution in [0.1, 0.15) is 0 Å². The minimum atomic E-state index is -4.78. The van der Waals surface area contributed by atoms with E-state index in [9.17, 15) is 21.6 Å². The molecule has 0 saturated heterocycles. The van der Waals surface area contributed by atoms with E-state index in [-0.39, 0.29) is 0 Å². The first-order valence-electron chi connectivity index (χ1n) is 3.21. The van der Waals surface area contributed by atoms with Crippen LogP contribution < -0.4 is 9.44 Å². The fourth-order valence-electron chi connectivity index (χ4n) is 0.548. The van der Waals surface area contributed by atoms with E-state index in [4.69, 9.17) is 14.2 Å². The van der Waals surface area contributed by atoms with Crippen molar-refractivity contribution in [1.29, 1.82) is 0 Å². The second-order valence-electron chi connectivity index (χ2n) is 2.31. The van der Waals surface area contributed by atoms with Gasteiger partial charge < -0.3 is 5.11 Å². The molecule has 0 bridgehead atoms. The number of nitrogens with one attached hydrogen (secondary N) is 2. The minimum absolute atomic E-state index is 0.950. The third-order valence-electron chi connectivity index (χ3n) is 1.06. The summed E-state index contributed by atoms with van der Waals surface area (Å²) in [7, 11) is -9.42. The first-order valence-corrected chi connectivity index (χ1v) is 6.09. The number of rotatable bonds is 6. The Kier molecular flexibility index (Phi) is 4.57. The fourth-order valence-corrected chi connectivity index (χ4v) is 1.47. The van der Waals surface area contributed by atoms with Crippen molar-refractivity contribution in [2.45, 2.75) is 6.04 Å². The lowest BCUT2D eigenvalue weighted by molar-refractivity contribution is -0.138. The largest absolute Gasteiger partial charge is 0.480 e. The molecular formula is C3H8N2O8S2. The molecule has 0 radical (unpaired) electrons. The maximum Gasteiger partial charge on any atom is 0.334 e. The first-order chi connectivity index (χ1) is 6.51. The van der Waals surface area contributed by atoms with Crippen LogP contribution in [-0.4, -0.2) is 49.6 Å². The number of carboxylic acid groups (broad SMARTS) is 1. The lowest BCUT2D eigenvalue weighted by atomic mass is 10.3. The zero-order valence-electron chi connectivity index (χ0n) is 6.98. The van der Waals surface area contributed by atoms with Crippen LogP contribution in [0, 0.1) is 0 Å². The molecule has 15 heavy (non-hydrogen) atoms. The second kappa shape index (κ2) is 4.82. The monoisotopic (exact) mass is 264 g/mol. The summed E-state index contributed by atoms with van der Waals surface area (Å²) in [5.74, 6) is -1.73. The van der Waals surface area contributed by atoms with Gasteiger partial charge in [0, 0.05) is 6.54 Å². The predicted octanol–water partition coefficient (Wildman–Crippen LogP) is -2.78. The van der Waals surface area contributed by atoms with Crippen LogP contribution in [0.25, 0.3) is 0 Å². The van der Waals surface area contributed by atoms with Gasteiger partial charge >= 0.3 is 26.6 Å². The average Bonchev–Trinajstić information content (AvgIpc) is 1.93. The van der Waals surface area contributed by atoms with Crippen molar-refractivity contribution < 1.29 is 35.8 Å². The molecule has 5 N–H and O–H groups in total. The highest BCUT2D eigenvalue weighted by molar-refractivity contribution is 7.84. The van der Waals surface area contributed by atoms with Gasteiger partial charge in [0.1, 0.15) is 6.04 Å². The molecular weight excluding hydrogens is 256 g/mol. The fraction of sp³-hybridized carbons (Fsp3) is 0.667. The SMILES string of the molecule is O=C(O)C(CNS(=O)(=O)O)NS(=O)(=O)O. The van der Waals surface area contributed by atoms with E-state index in [0.717, 1.165) is 0 Å². The Bertz CT molecular complexity index is 423. The van der Waals surface area contributed by atoms with E-state index in [1.54, 1.807) is 0 Å². The lowest BCUT2D eigenvalue weighted by Crippen LogP contribution is -2.48. The van der Waals surface area contributed by atoms with Gasteiger partial charge in [-0.3, -0.25) is 13.9 Å². The van der Waals surface area contributed by atoms with Gasteiger partial charge in [0.15, 0.2) is 0 Å². The molecule has 10 nitrogen and oxygen atoms in total. The van der Waals surface area contributed by atoms with E-state index in [1.165, 1.54) is 9.44 Å². The summed E-state index contributed by atoms with van der Waals surface area (Å²) >= 11 is 0. The standard InChI is InChI=1S/C3H8N2O8S2/c6-3(7)2(5-15(11,12)13)1-4-14(8,9)10/h2,4-5H,1H2,(H,6,7)(H,8,9,10)(H,11,12,13). The van der Waals surface area contributed by atoms with Gasteiger partial charge in [0.2, 0.25) is 0 Å². The molecule has 0 aliphatic carbocycles. The number of carbonyl (C=O) groups is 1. The topological polar surface area (TPSA) is 170 Å². The molecule has 1 unspecified atom stereocenters. The molecule has 0 spiro atoms. The van der Waals surface area contributed by atoms with Crippen molar-refractivity contribution in [3.05, 3.63) is 0 Å². The van der Waals surface area contributed by atoms with Crippen LogP contribution in [0.4, 0.5) is 0 Å². The van der Waals surface area contributed by atoms with E-state index in [1.807, 2.05) is 0 Å². The molecule has 0 amide bonds. The summed E-state index contributed by atoms with van der Waals surface area (Å²) < 4.78 is 59.6.